The van der Waals surface area contributed by atoms with Crippen LogP contribution in [0.15, 0.2) is 67.0 Å². The molecule has 0 saturated heterocycles. The maximum absolute atomic E-state index is 12.3. The van der Waals surface area contributed by atoms with E-state index in [1.54, 1.807) is 42.1 Å². The van der Waals surface area contributed by atoms with Crippen molar-refractivity contribution in [3.05, 3.63) is 78.1 Å². The van der Waals surface area contributed by atoms with Gasteiger partial charge >= 0.3 is 12.1 Å². The molecule has 0 aliphatic heterocycles. The Morgan fingerprint density at radius 1 is 1.07 bits per heavy atom. The Morgan fingerprint density at radius 2 is 1.89 bits per heavy atom. The van der Waals surface area contributed by atoms with E-state index < -0.39 is 12.1 Å². The van der Waals surface area contributed by atoms with Crippen LogP contribution in [0.3, 0.4) is 0 Å². The average molecular weight is 365 g/mol. The van der Waals surface area contributed by atoms with E-state index in [0.29, 0.717) is 11.3 Å². The molecule has 0 bridgehead atoms. The van der Waals surface area contributed by atoms with Gasteiger partial charge in [-0.3, -0.25) is 5.32 Å². The first-order chi connectivity index (χ1) is 13.2. The molecule has 1 amide bonds. The van der Waals surface area contributed by atoms with Crippen molar-refractivity contribution in [2.75, 3.05) is 11.9 Å². The summed E-state index contributed by atoms with van der Waals surface area (Å²) < 4.78 is 11.9. The molecule has 0 radical (unpaired) electrons. The van der Waals surface area contributed by atoms with Crippen LogP contribution in [0.5, 0.6) is 0 Å². The van der Waals surface area contributed by atoms with Crippen molar-refractivity contribution in [1.82, 2.24) is 9.78 Å². The lowest BCUT2D eigenvalue weighted by Crippen LogP contribution is -2.14. The van der Waals surface area contributed by atoms with Gasteiger partial charge in [-0.15, -0.1) is 0 Å². The summed E-state index contributed by atoms with van der Waals surface area (Å²) in [4.78, 5) is 23.7. The van der Waals surface area contributed by atoms with Crippen LogP contribution < -0.4 is 5.32 Å². The molecule has 0 spiro atoms. The number of benzene rings is 2. The van der Waals surface area contributed by atoms with E-state index in [2.05, 4.69) is 10.4 Å². The smallest absolute Gasteiger partial charge is 0.411 e. The molecule has 3 rings (SSSR count). The van der Waals surface area contributed by atoms with Gasteiger partial charge in [-0.1, -0.05) is 18.2 Å². The second-order valence-electron chi connectivity index (χ2n) is 5.62. The van der Waals surface area contributed by atoms with Gasteiger partial charge in [-0.05, 0) is 48.9 Å². The maximum Gasteiger partial charge on any atom is 0.411 e. The van der Waals surface area contributed by atoms with E-state index in [1.807, 2.05) is 36.5 Å². The third kappa shape index (κ3) is 4.94. The second kappa shape index (κ2) is 8.66. The molecule has 0 saturated carbocycles. The van der Waals surface area contributed by atoms with Crippen LogP contribution in [-0.4, -0.2) is 28.4 Å². The summed E-state index contributed by atoms with van der Waals surface area (Å²) in [5.41, 5.74) is 2.59. The summed E-state index contributed by atoms with van der Waals surface area (Å²) in [6.07, 6.45) is 2.99. The van der Waals surface area contributed by atoms with Crippen molar-refractivity contribution in [2.24, 2.45) is 0 Å². The number of nitrogens with one attached hydrogen (secondary N) is 1. The first-order valence-electron chi connectivity index (χ1n) is 8.45. The fraction of sp³-hybridized carbons (Fsp3) is 0.150. The third-order valence-corrected chi connectivity index (χ3v) is 3.70. The van der Waals surface area contributed by atoms with E-state index in [4.69, 9.17) is 9.47 Å². The lowest BCUT2D eigenvalue weighted by atomic mass is 10.2. The monoisotopic (exact) mass is 365 g/mol. The average Bonchev–Trinajstić information content (AvgIpc) is 3.22. The standard InChI is InChI=1S/C20H19N3O4/c1-2-26-20(25)22-17-6-3-5-16(13-17)19(24)27-14-15-7-9-18(10-8-15)23-12-4-11-21-23/h3-13H,2,14H2,1H3,(H,22,25). The Balaban J connectivity index is 1.58. The van der Waals surface area contributed by atoms with E-state index >= 15 is 0 Å². The number of hydrogen-bond donors (Lipinski definition) is 1. The molecule has 0 aliphatic carbocycles. The Bertz CT molecular complexity index is 905. The fourth-order valence-electron chi connectivity index (χ4n) is 2.41. The molecule has 7 nitrogen and oxygen atoms in total. The van der Waals surface area contributed by atoms with E-state index in [0.717, 1.165) is 11.3 Å². The molecule has 0 atom stereocenters. The number of nitrogens with zero attached hydrogens (tertiary/aromatic N) is 2. The highest BCUT2D eigenvalue weighted by Crippen LogP contribution is 2.14. The molecule has 1 N–H and O–H groups in total. The molecular weight excluding hydrogens is 346 g/mol. The summed E-state index contributed by atoms with van der Waals surface area (Å²) in [5.74, 6) is -0.473. The number of ether oxygens (including phenoxy) is 2. The number of anilines is 1. The molecule has 1 heterocycles. The predicted molar refractivity (Wildman–Crippen MR) is 99.8 cm³/mol. The molecule has 0 unspecified atom stereocenters. The number of aromatic nitrogens is 2. The van der Waals surface area contributed by atoms with Gasteiger partial charge in [0, 0.05) is 18.1 Å². The summed E-state index contributed by atoms with van der Waals surface area (Å²) in [7, 11) is 0. The maximum atomic E-state index is 12.3. The number of hydrogen-bond acceptors (Lipinski definition) is 5. The van der Waals surface area contributed by atoms with E-state index in [-0.39, 0.29) is 13.2 Å². The lowest BCUT2D eigenvalue weighted by Gasteiger charge is -2.08. The van der Waals surface area contributed by atoms with Gasteiger partial charge in [0.15, 0.2) is 0 Å². The van der Waals surface area contributed by atoms with Crippen LogP contribution in [0.4, 0.5) is 10.5 Å². The number of rotatable bonds is 6. The zero-order valence-electron chi connectivity index (χ0n) is 14.8. The molecular formula is C20H19N3O4. The summed E-state index contributed by atoms with van der Waals surface area (Å²) in [6.45, 7) is 2.13. The molecule has 2 aromatic carbocycles. The predicted octanol–water partition coefficient (Wildman–Crippen LogP) is 3.80. The topological polar surface area (TPSA) is 82.5 Å². The second-order valence-corrected chi connectivity index (χ2v) is 5.62. The Labute approximate surface area is 156 Å². The van der Waals surface area contributed by atoms with Crippen LogP contribution in [0.2, 0.25) is 0 Å². The van der Waals surface area contributed by atoms with Crippen molar-refractivity contribution < 1.29 is 19.1 Å². The molecule has 7 heteroatoms. The number of amides is 1. The molecule has 1 aromatic heterocycles. The van der Waals surface area contributed by atoms with Gasteiger partial charge in [0.1, 0.15) is 6.61 Å². The highest BCUT2D eigenvalue weighted by atomic mass is 16.5. The van der Waals surface area contributed by atoms with Gasteiger partial charge in [0.25, 0.3) is 0 Å². The Kier molecular flexibility index (Phi) is 5.84. The number of carbonyl (C=O) groups excluding carboxylic acids is 2. The lowest BCUT2D eigenvalue weighted by molar-refractivity contribution is 0.0472. The highest BCUT2D eigenvalue weighted by Gasteiger charge is 2.10. The minimum Gasteiger partial charge on any atom is -0.457 e. The van der Waals surface area contributed by atoms with Crippen LogP contribution in [0, 0.1) is 0 Å². The zero-order chi connectivity index (χ0) is 19.1. The van der Waals surface area contributed by atoms with Crippen molar-refractivity contribution in [1.29, 1.82) is 0 Å². The van der Waals surface area contributed by atoms with E-state index in [9.17, 15) is 9.59 Å². The van der Waals surface area contributed by atoms with Crippen LogP contribution in [0.1, 0.15) is 22.8 Å². The molecule has 3 aromatic rings. The van der Waals surface area contributed by atoms with Gasteiger partial charge < -0.3 is 9.47 Å². The zero-order valence-corrected chi connectivity index (χ0v) is 14.8. The van der Waals surface area contributed by atoms with Crippen LogP contribution in [-0.2, 0) is 16.1 Å². The third-order valence-electron chi connectivity index (χ3n) is 3.70. The Morgan fingerprint density at radius 3 is 2.59 bits per heavy atom. The molecule has 0 aliphatic rings. The van der Waals surface area contributed by atoms with Crippen molar-refractivity contribution >= 4 is 17.7 Å². The van der Waals surface area contributed by atoms with Gasteiger partial charge in [-0.25, -0.2) is 14.3 Å². The summed E-state index contributed by atoms with van der Waals surface area (Å²) in [5, 5.41) is 6.72. The first-order valence-corrected chi connectivity index (χ1v) is 8.45. The first kappa shape index (κ1) is 18.2. The fourth-order valence-corrected chi connectivity index (χ4v) is 2.41. The van der Waals surface area contributed by atoms with Crippen LogP contribution in [0.25, 0.3) is 5.69 Å². The van der Waals surface area contributed by atoms with E-state index in [1.165, 1.54) is 0 Å². The van der Waals surface area contributed by atoms with Crippen molar-refractivity contribution in [3.8, 4) is 5.69 Å². The molecule has 138 valence electrons. The summed E-state index contributed by atoms with van der Waals surface area (Å²) >= 11 is 0. The Hall–Kier alpha value is -3.61. The number of carbonyl (C=O) groups is 2. The van der Waals surface area contributed by atoms with Gasteiger partial charge in [0.2, 0.25) is 0 Å². The van der Waals surface area contributed by atoms with Crippen LogP contribution >= 0.6 is 0 Å². The van der Waals surface area contributed by atoms with Crippen molar-refractivity contribution in [2.45, 2.75) is 13.5 Å². The van der Waals surface area contributed by atoms with Gasteiger partial charge in [-0.2, -0.15) is 5.10 Å². The largest absolute Gasteiger partial charge is 0.457 e. The van der Waals surface area contributed by atoms with Crippen molar-refractivity contribution in [3.63, 3.8) is 0 Å². The highest BCUT2D eigenvalue weighted by molar-refractivity contribution is 5.92. The molecule has 0 fully saturated rings. The minimum atomic E-state index is -0.569. The molecule has 27 heavy (non-hydrogen) atoms. The quantitative estimate of drug-likeness (QED) is 0.672. The van der Waals surface area contributed by atoms with Gasteiger partial charge in [0.05, 0.1) is 17.9 Å². The normalized spacial score (nSPS) is 10.3. The number of esters is 1. The SMILES string of the molecule is CCOC(=O)Nc1cccc(C(=O)OCc2ccc(-n3cccn3)cc2)c1. The summed E-state index contributed by atoms with van der Waals surface area (Å²) in [6, 6.07) is 15.9. The minimum absolute atomic E-state index is 0.147.